The predicted molar refractivity (Wildman–Crippen MR) is 71.7 cm³/mol. The van der Waals surface area contributed by atoms with Gasteiger partial charge in [0.05, 0.1) is 22.9 Å². The second-order valence-electron chi connectivity index (χ2n) is 4.39. The lowest BCUT2D eigenvalue weighted by atomic mass is 10.1. The minimum absolute atomic E-state index is 0.431. The third kappa shape index (κ3) is 3.23. The third-order valence-electron chi connectivity index (χ3n) is 3.00. The first-order valence-corrected chi connectivity index (χ1v) is 6.65. The molecule has 0 amide bonds. The van der Waals surface area contributed by atoms with Gasteiger partial charge in [0.15, 0.2) is 18.4 Å². The molecule has 1 aliphatic rings. The number of aliphatic hydroxyl groups is 1. The van der Waals surface area contributed by atoms with Crippen LogP contribution >= 0.6 is 16.3 Å². The Morgan fingerprint density at radius 1 is 1.52 bits per heavy atom. The second-order valence-corrected chi connectivity index (χ2v) is 4.77. The number of halogens is 1. The van der Waals surface area contributed by atoms with Gasteiger partial charge in [0.25, 0.3) is 5.56 Å². The Balaban J connectivity index is 2.37. The monoisotopic (exact) mass is 364 g/mol. The van der Waals surface area contributed by atoms with Crippen LogP contribution in [-0.4, -0.2) is 45.5 Å². The lowest BCUT2D eigenvalue weighted by molar-refractivity contribution is -0.152. The van der Waals surface area contributed by atoms with Gasteiger partial charge in [0.2, 0.25) is 0 Å². The summed E-state index contributed by atoms with van der Waals surface area (Å²) in [6.07, 6.45) is -2.39. The molecule has 2 rings (SSSR count). The molecule has 0 radical (unpaired) electrons. The normalized spacial score (nSPS) is 28.5. The maximum absolute atomic E-state index is 11.8. The Morgan fingerprint density at radius 3 is 2.76 bits per heavy atom. The molecule has 4 atom stereocenters. The molecule has 0 aromatic carbocycles. The van der Waals surface area contributed by atoms with E-state index in [0.29, 0.717) is 0 Å². The molecule has 10 heteroatoms. The van der Waals surface area contributed by atoms with Crippen LogP contribution in [0.1, 0.15) is 13.2 Å². The highest BCUT2D eigenvalue weighted by Gasteiger charge is 2.48. The zero-order valence-electron chi connectivity index (χ0n) is 10.9. The van der Waals surface area contributed by atoms with Gasteiger partial charge in [-0.15, -0.1) is 0 Å². The van der Waals surface area contributed by atoms with E-state index in [1.54, 1.807) is 0 Å². The van der Waals surface area contributed by atoms with Crippen molar-refractivity contribution in [3.8, 4) is 0 Å². The Labute approximate surface area is 126 Å². The fourth-order valence-corrected chi connectivity index (χ4v) is 2.53. The summed E-state index contributed by atoms with van der Waals surface area (Å²) < 4.78 is 16.7. The van der Waals surface area contributed by atoms with E-state index >= 15 is 0 Å². The summed E-state index contributed by atoms with van der Waals surface area (Å²) in [7, 11) is 0. The molecule has 1 saturated heterocycles. The van der Waals surface area contributed by atoms with Crippen molar-refractivity contribution in [1.29, 1.82) is 0 Å². The molecular formula is C11H13BrN2O7. The van der Waals surface area contributed by atoms with Crippen LogP contribution in [0.3, 0.4) is 0 Å². The molecule has 2 N–H and O–H groups in total. The zero-order valence-corrected chi connectivity index (χ0v) is 12.5. The van der Waals surface area contributed by atoms with Gasteiger partial charge in [0, 0.05) is 19.2 Å². The SMILES string of the molecule is CC(=O)OC1C(OBr)[C@@H](n2ccc(=O)[nH]c2=O)O[C@H]1CO. The number of aliphatic hydroxyl groups excluding tert-OH is 1. The van der Waals surface area contributed by atoms with Gasteiger partial charge in [-0.25, -0.2) is 4.79 Å². The number of ether oxygens (including phenoxy) is 2. The van der Waals surface area contributed by atoms with Crippen LogP contribution in [-0.2, 0) is 18.1 Å². The lowest BCUT2D eigenvalue weighted by Gasteiger charge is -2.21. The molecule has 1 aromatic heterocycles. The number of nitrogens with zero attached hydrogens (tertiary/aromatic N) is 1. The van der Waals surface area contributed by atoms with E-state index in [1.807, 2.05) is 0 Å². The van der Waals surface area contributed by atoms with E-state index in [1.165, 1.54) is 13.1 Å². The molecule has 0 bridgehead atoms. The smallest absolute Gasteiger partial charge is 0.330 e. The number of hydrogen-bond acceptors (Lipinski definition) is 7. The highest BCUT2D eigenvalue weighted by Crippen LogP contribution is 2.33. The average molecular weight is 365 g/mol. The van der Waals surface area contributed by atoms with Crippen LogP contribution in [0, 0.1) is 0 Å². The number of H-pyrrole nitrogens is 1. The van der Waals surface area contributed by atoms with Crippen molar-refractivity contribution in [2.45, 2.75) is 31.5 Å². The first kappa shape index (κ1) is 15.9. The molecular weight excluding hydrogens is 352 g/mol. The maximum atomic E-state index is 11.8. The van der Waals surface area contributed by atoms with Gasteiger partial charge in [-0.1, -0.05) is 0 Å². The van der Waals surface area contributed by atoms with Crippen molar-refractivity contribution in [3.05, 3.63) is 33.1 Å². The molecule has 1 aliphatic heterocycles. The van der Waals surface area contributed by atoms with Crippen molar-refractivity contribution in [1.82, 2.24) is 9.55 Å². The van der Waals surface area contributed by atoms with Crippen LogP contribution in [0.5, 0.6) is 0 Å². The van der Waals surface area contributed by atoms with Crippen molar-refractivity contribution in [2.75, 3.05) is 6.61 Å². The number of aromatic amines is 1. The fraction of sp³-hybridized carbons (Fsp3) is 0.545. The summed E-state index contributed by atoms with van der Waals surface area (Å²) in [5.74, 6) is -0.578. The minimum atomic E-state index is -0.977. The largest absolute Gasteiger partial charge is 0.457 e. The number of nitrogens with one attached hydrogen (secondary N) is 1. The van der Waals surface area contributed by atoms with E-state index < -0.39 is 48.4 Å². The molecule has 0 spiro atoms. The van der Waals surface area contributed by atoms with Crippen molar-refractivity contribution in [2.24, 2.45) is 0 Å². The molecule has 21 heavy (non-hydrogen) atoms. The Hall–Kier alpha value is -1.49. The summed E-state index contributed by atoms with van der Waals surface area (Å²) in [6.45, 7) is 0.776. The average Bonchev–Trinajstić information content (AvgIpc) is 2.75. The van der Waals surface area contributed by atoms with Crippen LogP contribution in [0.15, 0.2) is 21.9 Å². The Kier molecular flexibility index (Phi) is 4.93. The molecule has 2 unspecified atom stereocenters. The molecule has 1 fully saturated rings. The second kappa shape index (κ2) is 6.52. The molecule has 0 aliphatic carbocycles. The lowest BCUT2D eigenvalue weighted by Crippen LogP contribution is -2.40. The van der Waals surface area contributed by atoms with Crippen LogP contribution in [0.2, 0.25) is 0 Å². The van der Waals surface area contributed by atoms with Gasteiger partial charge >= 0.3 is 11.7 Å². The highest BCUT2D eigenvalue weighted by molar-refractivity contribution is 9.06. The van der Waals surface area contributed by atoms with Gasteiger partial charge < -0.3 is 14.6 Å². The Bertz CT molecular complexity index is 627. The van der Waals surface area contributed by atoms with E-state index in [9.17, 15) is 19.5 Å². The number of carbonyl (C=O) groups is 1. The van der Waals surface area contributed by atoms with E-state index in [-0.39, 0.29) is 0 Å². The maximum Gasteiger partial charge on any atom is 0.330 e. The zero-order chi connectivity index (χ0) is 15.6. The molecule has 1 aromatic rings. The van der Waals surface area contributed by atoms with Crippen LogP contribution < -0.4 is 11.2 Å². The number of rotatable bonds is 4. The van der Waals surface area contributed by atoms with Gasteiger partial charge in [-0.2, -0.15) is 0 Å². The first-order valence-electron chi connectivity index (χ1n) is 6.00. The molecule has 2 heterocycles. The molecule has 116 valence electrons. The quantitative estimate of drug-likeness (QED) is 0.661. The summed E-state index contributed by atoms with van der Waals surface area (Å²) in [4.78, 5) is 36.1. The summed E-state index contributed by atoms with van der Waals surface area (Å²) >= 11 is 2.80. The number of aromatic nitrogens is 2. The summed E-state index contributed by atoms with van der Waals surface area (Å²) in [6, 6.07) is 1.14. The van der Waals surface area contributed by atoms with Crippen molar-refractivity contribution in [3.63, 3.8) is 0 Å². The van der Waals surface area contributed by atoms with Crippen LogP contribution in [0.25, 0.3) is 0 Å². The first-order chi connectivity index (χ1) is 9.97. The van der Waals surface area contributed by atoms with Gasteiger partial charge in [-0.3, -0.25) is 23.0 Å². The number of hydrogen-bond donors (Lipinski definition) is 2. The standard InChI is InChI=1S/C11H13BrN2O7/c1-5(16)19-8-6(4-15)20-10(9(8)21-12)14-3-2-7(17)13-11(14)18/h2-3,6,8-10,15H,4H2,1H3,(H,13,17,18)/t6-,8?,9?,10-/m0/s1. The summed E-state index contributed by atoms with van der Waals surface area (Å²) in [5.41, 5.74) is -1.26. The van der Waals surface area contributed by atoms with E-state index in [0.717, 1.165) is 10.6 Å². The minimum Gasteiger partial charge on any atom is -0.457 e. The Morgan fingerprint density at radius 2 is 2.24 bits per heavy atom. The molecule has 0 saturated carbocycles. The molecule has 9 nitrogen and oxygen atoms in total. The fourth-order valence-electron chi connectivity index (χ4n) is 2.14. The van der Waals surface area contributed by atoms with Gasteiger partial charge in [0.1, 0.15) is 6.10 Å². The van der Waals surface area contributed by atoms with E-state index in [4.69, 9.17) is 13.3 Å². The van der Waals surface area contributed by atoms with E-state index in [2.05, 4.69) is 21.2 Å². The summed E-state index contributed by atoms with van der Waals surface area (Å²) in [5, 5.41) is 9.31. The third-order valence-corrected chi connectivity index (χ3v) is 3.43. The van der Waals surface area contributed by atoms with Crippen molar-refractivity contribution >= 4 is 22.2 Å². The van der Waals surface area contributed by atoms with Crippen molar-refractivity contribution < 1.29 is 23.2 Å². The van der Waals surface area contributed by atoms with Gasteiger partial charge in [-0.05, 0) is 0 Å². The highest BCUT2D eigenvalue weighted by atomic mass is 79.9. The topological polar surface area (TPSA) is 120 Å². The number of esters is 1. The predicted octanol–water partition coefficient (Wildman–Crippen LogP) is -0.947. The van der Waals surface area contributed by atoms with Crippen LogP contribution in [0.4, 0.5) is 0 Å². The number of carbonyl (C=O) groups excluding carboxylic acids is 1.